The number of urea groups is 1. The zero-order chi connectivity index (χ0) is 16.3. The van der Waals surface area contributed by atoms with E-state index in [1.54, 1.807) is 9.58 Å². The molecule has 122 valence electrons. The highest BCUT2D eigenvalue weighted by Crippen LogP contribution is 2.48. The SMILES string of the molecule is CCn1ncnc1CNC(=O)N(C)CC1(c2ccccc2)CC1. The first kappa shape index (κ1) is 15.5. The van der Waals surface area contributed by atoms with Gasteiger partial charge >= 0.3 is 6.03 Å². The van der Waals surface area contributed by atoms with Gasteiger partial charge in [0.2, 0.25) is 0 Å². The van der Waals surface area contributed by atoms with Gasteiger partial charge in [0.15, 0.2) is 0 Å². The summed E-state index contributed by atoms with van der Waals surface area (Å²) in [6.07, 6.45) is 3.79. The Hall–Kier alpha value is -2.37. The van der Waals surface area contributed by atoms with Crippen molar-refractivity contribution in [1.82, 2.24) is 25.0 Å². The number of nitrogens with zero attached hydrogens (tertiary/aromatic N) is 4. The lowest BCUT2D eigenvalue weighted by Crippen LogP contribution is -2.41. The lowest BCUT2D eigenvalue weighted by atomic mass is 9.95. The van der Waals surface area contributed by atoms with Crippen molar-refractivity contribution in [2.24, 2.45) is 0 Å². The first-order valence-electron chi connectivity index (χ1n) is 8.06. The molecule has 0 radical (unpaired) electrons. The van der Waals surface area contributed by atoms with Crippen molar-refractivity contribution in [3.63, 3.8) is 0 Å². The molecule has 2 aromatic rings. The van der Waals surface area contributed by atoms with Crippen LogP contribution in [0.4, 0.5) is 4.79 Å². The van der Waals surface area contributed by atoms with Gasteiger partial charge in [-0.3, -0.25) is 0 Å². The Bertz CT molecular complexity index is 663. The molecular formula is C17H23N5O. The normalized spacial score (nSPS) is 15.2. The molecule has 23 heavy (non-hydrogen) atoms. The monoisotopic (exact) mass is 313 g/mol. The average Bonchev–Trinajstić information content (AvgIpc) is 3.22. The number of aromatic nitrogens is 3. The molecule has 1 heterocycles. The number of carbonyl (C=O) groups is 1. The van der Waals surface area contributed by atoms with E-state index in [0.717, 1.165) is 31.8 Å². The van der Waals surface area contributed by atoms with Crippen LogP contribution in [-0.2, 0) is 18.5 Å². The number of hydrogen-bond donors (Lipinski definition) is 1. The molecule has 1 fully saturated rings. The smallest absolute Gasteiger partial charge is 0.317 e. The molecule has 6 heteroatoms. The van der Waals surface area contributed by atoms with Gasteiger partial charge in [-0.25, -0.2) is 14.5 Å². The van der Waals surface area contributed by atoms with Crippen LogP contribution in [0.5, 0.6) is 0 Å². The lowest BCUT2D eigenvalue weighted by molar-refractivity contribution is 0.203. The quantitative estimate of drug-likeness (QED) is 0.889. The fraction of sp³-hybridized carbons (Fsp3) is 0.471. The van der Waals surface area contributed by atoms with Crippen molar-refractivity contribution < 1.29 is 4.79 Å². The molecular weight excluding hydrogens is 290 g/mol. The minimum atomic E-state index is -0.0714. The molecule has 0 spiro atoms. The molecule has 0 unspecified atom stereocenters. The predicted molar refractivity (Wildman–Crippen MR) is 87.9 cm³/mol. The van der Waals surface area contributed by atoms with Crippen molar-refractivity contribution in [1.29, 1.82) is 0 Å². The minimum absolute atomic E-state index is 0.0714. The minimum Gasteiger partial charge on any atom is -0.331 e. The maximum absolute atomic E-state index is 12.3. The molecule has 2 amide bonds. The Labute approximate surface area is 136 Å². The van der Waals surface area contributed by atoms with E-state index in [1.165, 1.54) is 11.9 Å². The van der Waals surface area contributed by atoms with E-state index in [1.807, 2.05) is 20.0 Å². The van der Waals surface area contributed by atoms with E-state index in [4.69, 9.17) is 0 Å². The van der Waals surface area contributed by atoms with Crippen LogP contribution in [0.15, 0.2) is 36.7 Å². The molecule has 0 aliphatic heterocycles. The second-order valence-electron chi connectivity index (χ2n) is 6.15. The summed E-state index contributed by atoms with van der Waals surface area (Å²) in [6.45, 7) is 3.89. The van der Waals surface area contributed by atoms with Gasteiger partial charge in [0, 0.05) is 25.6 Å². The van der Waals surface area contributed by atoms with Crippen LogP contribution in [0, 0.1) is 0 Å². The van der Waals surface area contributed by atoms with E-state index in [2.05, 4.69) is 39.7 Å². The largest absolute Gasteiger partial charge is 0.331 e. The first-order chi connectivity index (χ1) is 11.1. The van der Waals surface area contributed by atoms with Crippen LogP contribution < -0.4 is 5.32 Å². The van der Waals surface area contributed by atoms with Crippen LogP contribution in [-0.4, -0.2) is 39.3 Å². The zero-order valence-corrected chi connectivity index (χ0v) is 13.7. The number of nitrogens with one attached hydrogen (secondary N) is 1. The molecule has 3 rings (SSSR count). The molecule has 1 aromatic carbocycles. The number of benzene rings is 1. The lowest BCUT2D eigenvalue weighted by Gasteiger charge is -2.24. The van der Waals surface area contributed by atoms with Gasteiger partial charge in [0.1, 0.15) is 12.2 Å². The second kappa shape index (κ2) is 6.40. The number of aryl methyl sites for hydroxylation is 1. The van der Waals surface area contributed by atoms with Crippen LogP contribution in [0.2, 0.25) is 0 Å². The Morgan fingerprint density at radius 3 is 2.74 bits per heavy atom. The summed E-state index contributed by atoms with van der Waals surface area (Å²) >= 11 is 0. The highest BCUT2D eigenvalue weighted by atomic mass is 16.2. The molecule has 0 bridgehead atoms. The summed E-state index contributed by atoms with van der Waals surface area (Å²) in [6, 6.07) is 10.4. The van der Waals surface area contributed by atoms with Crippen molar-refractivity contribution in [3.8, 4) is 0 Å². The Balaban J connectivity index is 1.56. The highest BCUT2D eigenvalue weighted by Gasteiger charge is 2.45. The molecule has 0 saturated heterocycles. The van der Waals surface area contributed by atoms with E-state index >= 15 is 0 Å². The third-order valence-corrected chi connectivity index (χ3v) is 4.52. The van der Waals surface area contributed by atoms with E-state index < -0.39 is 0 Å². The van der Waals surface area contributed by atoms with Gasteiger partial charge in [-0.1, -0.05) is 30.3 Å². The van der Waals surface area contributed by atoms with Gasteiger partial charge in [-0.2, -0.15) is 5.10 Å². The maximum atomic E-state index is 12.3. The summed E-state index contributed by atoms with van der Waals surface area (Å²) in [5, 5.41) is 7.03. The van der Waals surface area contributed by atoms with Crippen molar-refractivity contribution in [2.75, 3.05) is 13.6 Å². The number of carbonyl (C=O) groups excluding carboxylic acids is 1. The molecule has 1 aliphatic carbocycles. The first-order valence-corrected chi connectivity index (χ1v) is 8.06. The third kappa shape index (κ3) is 3.36. The topological polar surface area (TPSA) is 63.1 Å². The Kier molecular flexibility index (Phi) is 4.32. The highest BCUT2D eigenvalue weighted by molar-refractivity contribution is 5.74. The van der Waals surface area contributed by atoms with Crippen LogP contribution in [0.25, 0.3) is 0 Å². The third-order valence-electron chi connectivity index (χ3n) is 4.52. The van der Waals surface area contributed by atoms with Gasteiger partial charge in [0.05, 0.1) is 6.54 Å². The van der Waals surface area contributed by atoms with Crippen molar-refractivity contribution >= 4 is 6.03 Å². The molecule has 6 nitrogen and oxygen atoms in total. The Morgan fingerprint density at radius 2 is 2.09 bits per heavy atom. The zero-order valence-electron chi connectivity index (χ0n) is 13.7. The molecule has 0 atom stereocenters. The van der Waals surface area contributed by atoms with E-state index in [9.17, 15) is 4.79 Å². The number of hydrogen-bond acceptors (Lipinski definition) is 3. The number of likely N-dealkylation sites (N-methyl/N-ethyl adjacent to an activating group) is 1. The predicted octanol–water partition coefficient (Wildman–Crippen LogP) is 2.17. The molecule has 1 aromatic heterocycles. The summed E-state index contributed by atoms with van der Waals surface area (Å²) in [4.78, 5) is 18.3. The van der Waals surface area contributed by atoms with Crippen molar-refractivity contribution in [2.45, 2.75) is 38.3 Å². The molecule has 1 saturated carbocycles. The van der Waals surface area contributed by atoms with Gasteiger partial charge in [0.25, 0.3) is 0 Å². The second-order valence-corrected chi connectivity index (χ2v) is 6.15. The van der Waals surface area contributed by atoms with E-state index in [-0.39, 0.29) is 11.4 Å². The maximum Gasteiger partial charge on any atom is 0.317 e. The van der Waals surface area contributed by atoms with Crippen LogP contribution >= 0.6 is 0 Å². The molecule has 1 aliphatic rings. The van der Waals surface area contributed by atoms with Crippen LogP contribution in [0.3, 0.4) is 0 Å². The number of amides is 2. The van der Waals surface area contributed by atoms with Gasteiger partial charge in [-0.05, 0) is 25.3 Å². The standard InChI is InChI=1S/C17H23N5O/c1-3-22-15(19-13-20-22)11-18-16(23)21(2)12-17(9-10-17)14-7-5-4-6-8-14/h4-8,13H,3,9-12H2,1-2H3,(H,18,23). The van der Waals surface area contributed by atoms with Crippen molar-refractivity contribution in [3.05, 3.63) is 48.0 Å². The Morgan fingerprint density at radius 1 is 1.35 bits per heavy atom. The summed E-state index contributed by atoms with van der Waals surface area (Å²) in [7, 11) is 1.85. The summed E-state index contributed by atoms with van der Waals surface area (Å²) in [5.41, 5.74) is 1.46. The summed E-state index contributed by atoms with van der Waals surface area (Å²) < 4.78 is 1.78. The van der Waals surface area contributed by atoms with Crippen LogP contribution in [0.1, 0.15) is 31.2 Å². The van der Waals surface area contributed by atoms with Gasteiger partial charge in [-0.15, -0.1) is 0 Å². The number of rotatable bonds is 6. The fourth-order valence-corrected chi connectivity index (χ4v) is 2.99. The van der Waals surface area contributed by atoms with E-state index in [0.29, 0.717) is 6.54 Å². The molecule has 1 N–H and O–H groups in total. The van der Waals surface area contributed by atoms with Gasteiger partial charge < -0.3 is 10.2 Å². The fourth-order valence-electron chi connectivity index (χ4n) is 2.99. The average molecular weight is 313 g/mol. The summed E-state index contributed by atoms with van der Waals surface area (Å²) in [5.74, 6) is 0.776.